The number of ether oxygens (including phenoxy) is 2. The molecule has 84 valence electrons. The summed E-state index contributed by atoms with van der Waals surface area (Å²) >= 11 is 0. The zero-order valence-corrected chi connectivity index (χ0v) is 9.23. The number of esters is 1. The van der Waals surface area contributed by atoms with Gasteiger partial charge in [0.2, 0.25) is 0 Å². The number of carbonyl (C=O) groups excluding carboxylic acids is 1. The van der Waals surface area contributed by atoms with Crippen LogP contribution in [0.4, 0.5) is 0 Å². The fourth-order valence-corrected chi connectivity index (χ4v) is 3.03. The summed E-state index contributed by atoms with van der Waals surface area (Å²) < 4.78 is 10.4. The zero-order chi connectivity index (χ0) is 11.2. The minimum atomic E-state index is -0.460. The molecule has 3 nitrogen and oxygen atoms in total. The maximum Gasteiger partial charge on any atom is 0.315 e. The van der Waals surface area contributed by atoms with Gasteiger partial charge in [-0.3, -0.25) is 4.79 Å². The van der Waals surface area contributed by atoms with Crippen LogP contribution >= 0.6 is 0 Å². The maximum absolute atomic E-state index is 12.0. The van der Waals surface area contributed by atoms with E-state index in [0.717, 1.165) is 6.42 Å². The summed E-state index contributed by atoms with van der Waals surface area (Å²) in [5.41, 5.74) is 2.06. The third-order valence-electron chi connectivity index (χ3n) is 3.84. The average molecular weight is 218 g/mol. The molecule has 0 saturated carbocycles. The van der Waals surface area contributed by atoms with Crippen molar-refractivity contribution in [2.75, 3.05) is 20.3 Å². The Hall–Kier alpha value is -1.35. The first-order chi connectivity index (χ1) is 7.78. The molecule has 1 heterocycles. The molecule has 1 saturated heterocycles. The van der Waals surface area contributed by atoms with Crippen LogP contribution in [-0.4, -0.2) is 26.3 Å². The standard InChI is InChI=1S/C13H14O3/c1-15-12(14)13-6-9-4-2-3-5-10(9)11(13)7-16-8-13/h2-5,11H,6-8H2,1H3/t11-,13+/m1/s1. The number of carbonyl (C=O) groups is 1. The molecule has 0 aromatic heterocycles. The van der Waals surface area contributed by atoms with E-state index in [1.165, 1.54) is 18.2 Å². The van der Waals surface area contributed by atoms with Crippen LogP contribution in [0.3, 0.4) is 0 Å². The molecule has 0 amide bonds. The van der Waals surface area contributed by atoms with Gasteiger partial charge in [0.25, 0.3) is 0 Å². The zero-order valence-electron chi connectivity index (χ0n) is 9.23. The van der Waals surface area contributed by atoms with Gasteiger partial charge in [-0.05, 0) is 17.5 Å². The normalized spacial score (nSPS) is 30.9. The Morgan fingerprint density at radius 2 is 2.31 bits per heavy atom. The first kappa shape index (κ1) is 9.85. The van der Waals surface area contributed by atoms with E-state index in [1.54, 1.807) is 0 Å². The minimum Gasteiger partial charge on any atom is -0.468 e. The minimum absolute atomic E-state index is 0.133. The highest BCUT2D eigenvalue weighted by Gasteiger charge is 2.56. The molecular weight excluding hydrogens is 204 g/mol. The van der Waals surface area contributed by atoms with Gasteiger partial charge in [-0.1, -0.05) is 24.3 Å². The van der Waals surface area contributed by atoms with E-state index >= 15 is 0 Å². The van der Waals surface area contributed by atoms with Crippen molar-refractivity contribution in [3.05, 3.63) is 35.4 Å². The molecule has 1 aromatic rings. The Labute approximate surface area is 94.4 Å². The molecule has 0 radical (unpaired) electrons. The van der Waals surface area contributed by atoms with Gasteiger partial charge in [-0.25, -0.2) is 0 Å². The smallest absolute Gasteiger partial charge is 0.315 e. The molecule has 1 aliphatic heterocycles. The van der Waals surface area contributed by atoms with E-state index in [-0.39, 0.29) is 11.9 Å². The van der Waals surface area contributed by atoms with Crippen molar-refractivity contribution in [2.24, 2.45) is 5.41 Å². The lowest BCUT2D eigenvalue weighted by Gasteiger charge is -2.23. The number of hydrogen-bond donors (Lipinski definition) is 0. The van der Waals surface area contributed by atoms with Gasteiger partial charge in [-0.15, -0.1) is 0 Å². The largest absolute Gasteiger partial charge is 0.468 e. The second-order valence-corrected chi connectivity index (χ2v) is 4.59. The van der Waals surface area contributed by atoms with Crippen molar-refractivity contribution in [1.29, 1.82) is 0 Å². The first-order valence-electron chi connectivity index (χ1n) is 5.52. The van der Waals surface area contributed by atoms with E-state index in [0.29, 0.717) is 13.2 Å². The molecule has 2 atom stereocenters. The van der Waals surface area contributed by atoms with Crippen molar-refractivity contribution < 1.29 is 14.3 Å². The van der Waals surface area contributed by atoms with E-state index in [9.17, 15) is 4.79 Å². The number of rotatable bonds is 1. The molecule has 0 N–H and O–H groups in total. The highest BCUT2D eigenvalue weighted by Crippen LogP contribution is 2.51. The summed E-state index contributed by atoms with van der Waals surface area (Å²) in [6.07, 6.45) is 0.751. The molecule has 2 aliphatic rings. The molecule has 1 aromatic carbocycles. The van der Waals surface area contributed by atoms with Crippen molar-refractivity contribution in [2.45, 2.75) is 12.3 Å². The predicted octanol–water partition coefficient (Wildman–Crippen LogP) is 1.52. The van der Waals surface area contributed by atoms with E-state index in [4.69, 9.17) is 9.47 Å². The number of methoxy groups -OCH3 is 1. The Morgan fingerprint density at radius 1 is 1.50 bits per heavy atom. The van der Waals surface area contributed by atoms with E-state index < -0.39 is 5.41 Å². The van der Waals surface area contributed by atoms with Crippen molar-refractivity contribution in [1.82, 2.24) is 0 Å². The Morgan fingerprint density at radius 3 is 3.12 bits per heavy atom. The second-order valence-electron chi connectivity index (χ2n) is 4.59. The number of hydrogen-bond acceptors (Lipinski definition) is 3. The van der Waals surface area contributed by atoms with Gasteiger partial charge >= 0.3 is 5.97 Å². The van der Waals surface area contributed by atoms with Crippen LogP contribution in [-0.2, 0) is 20.7 Å². The van der Waals surface area contributed by atoms with Crippen LogP contribution < -0.4 is 0 Å². The first-order valence-corrected chi connectivity index (χ1v) is 5.52. The number of benzene rings is 1. The van der Waals surface area contributed by atoms with Crippen LogP contribution in [0.1, 0.15) is 17.0 Å². The SMILES string of the molecule is COC(=O)[C@@]12COC[C@@H]1c1ccccc1C2. The lowest BCUT2D eigenvalue weighted by atomic mass is 9.79. The highest BCUT2D eigenvalue weighted by atomic mass is 16.5. The van der Waals surface area contributed by atoms with Crippen LogP contribution in [0, 0.1) is 5.41 Å². The van der Waals surface area contributed by atoms with Gasteiger partial charge in [0.05, 0.1) is 20.3 Å². The molecule has 16 heavy (non-hydrogen) atoms. The monoisotopic (exact) mass is 218 g/mol. The van der Waals surface area contributed by atoms with E-state index in [2.05, 4.69) is 12.1 Å². The third kappa shape index (κ3) is 1.09. The summed E-state index contributed by atoms with van der Waals surface area (Å²) in [4.78, 5) is 12.0. The quantitative estimate of drug-likeness (QED) is 0.670. The molecule has 0 bridgehead atoms. The lowest BCUT2D eigenvalue weighted by Crippen LogP contribution is -2.36. The van der Waals surface area contributed by atoms with Crippen molar-refractivity contribution >= 4 is 5.97 Å². The third-order valence-corrected chi connectivity index (χ3v) is 3.84. The van der Waals surface area contributed by atoms with Crippen molar-refractivity contribution in [3.63, 3.8) is 0 Å². The average Bonchev–Trinajstić information content (AvgIpc) is 2.84. The predicted molar refractivity (Wildman–Crippen MR) is 58.2 cm³/mol. The fourth-order valence-electron chi connectivity index (χ4n) is 3.03. The van der Waals surface area contributed by atoms with Crippen LogP contribution in [0.25, 0.3) is 0 Å². The highest BCUT2D eigenvalue weighted by molar-refractivity contribution is 5.81. The maximum atomic E-state index is 12.0. The van der Waals surface area contributed by atoms with Gasteiger partial charge in [-0.2, -0.15) is 0 Å². The Bertz CT molecular complexity index is 441. The summed E-state index contributed by atoms with van der Waals surface area (Å²) in [5, 5.41) is 0. The fraction of sp³-hybridized carbons (Fsp3) is 0.462. The van der Waals surface area contributed by atoms with Crippen LogP contribution in [0.2, 0.25) is 0 Å². The summed E-state index contributed by atoms with van der Waals surface area (Å²) in [7, 11) is 1.45. The van der Waals surface area contributed by atoms with Gasteiger partial charge < -0.3 is 9.47 Å². The summed E-state index contributed by atoms with van der Waals surface area (Å²) in [6, 6.07) is 8.23. The summed E-state index contributed by atoms with van der Waals surface area (Å²) in [6.45, 7) is 1.12. The molecular formula is C13H14O3. The molecule has 1 fully saturated rings. The van der Waals surface area contributed by atoms with Crippen LogP contribution in [0.15, 0.2) is 24.3 Å². The molecule has 3 heteroatoms. The summed E-state index contributed by atoms with van der Waals surface area (Å²) in [5.74, 6) is 0.0438. The number of fused-ring (bicyclic) bond motifs is 3. The van der Waals surface area contributed by atoms with Gasteiger partial charge in [0.1, 0.15) is 5.41 Å². The Balaban J connectivity index is 2.08. The molecule has 0 spiro atoms. The topological polar surface area (TPSA) is 35.5 Å². The molecule has 1 aliphatic carbocycles. The molecule has 0 unspecified atom stereocenters. The van der Waals surface area contributed by atoms with E-state index in [1.807, 2.05) is 12.1 Å². The molecule has 3 rings (SSSR count). The Kier molecular flexibility index (Phi) is 2.04. The van der Waals surface area contributed by atoms with Gasteiger partial charge in [0.15, 0.2) is 0 Å². The van der Waals surface area contributed by atoms with Crippen molar-refractivity contribution in [3.8, 4) is 0 Å². The van der Waals surface area contributed by atoms with Gasteiger partial charge in [0, 0.05) is 5.92 Å². The van der Waals surface area contributed by atoms with Crippen LogP contribution in [0.5, 0.6) is 0 Å². The second kappa shape index (κ2) is 3.32. The lowest BCUT2D eigenvalue weighted by molar-refractivity contribution is -0.153.